The van der Waals surface area contributed by atoms with Gasteiger partial charge in [0, 0.05) is 17.1 Å². The maximum Gasteiger partial charge on any atom is 0.319 e. The third kappa shape index (κ3) is 6.61. The standard InChI is InChI=1S/C30H34FN5OS/c1-19(2)25-7-6-8-26(20(3)4)28(25)33-29(37)32-17-27-34-35-30(36(27)24-15-9-21(5)10-16-24)38-18-22-11-13-23(31)14-12-22/h6-16,19-20H,17-18H2,1-5H3,(H2,32,33,37). The fraction of sp³-hybridized carbons (Fsp3) is 0.300. The lowest BCUT2D eigenvalue weighted by atomic mass is 9.93. The largest absolute Gasteiger partial charge is 0.331 e. The van der Waals surface area contributed by atoms with Crippen LogP contribution in [0.2, 0.25) is 0 Å². The number of hydrogen-bond acceptors (Lipinski definition) is 4. The summed E-state index contributed by atoms with van der Waals surface area (Å²) >= 11 is 1.51. The molecule has 0 fully saturated rings. The predicted molar refractivity (Wildman–Crippen MR) is 153 cm³/mol. The number of amides is 2. The summed E-state index contributed by atoms with van der Waals surface area (Å²) in [5.74, 6) is 1.52. The molecule has 8 heteroatoms. The van der Waals surface area contributed by atoms with Crippen LogP contribution < -0.4 is 10.6 Å². The van der Waals surface area contributed by atoms with E-state index in [9.17, 15) is 9.18 Å². The van der Waals surface area contributed by atoms with Crippen LogP contribution in [0.1, 0.15) is 67.6 Å². The van der Waals surface area contributed by atoms with Gasteiger partial charge in [-0.05, 0) is 59.7 Å². The molecule has 2 N–H and O–H groups in total. The van der Waals surface area contributed by atoms with E-state index < -0.39 is 0 Å². The first-order valence-corrected chi connectivity index (χ1v) is 13.8. The number of hydrogen-bond donors (Lipinski definition) is 2. The Hall–Kier alpha value is -3.65. The second-order valence-corrected chi connectivity index (χ2v) is 10.9. The van der Waals surface area contributed by atoms with Crippen LogP contribution >= 0.6 is 11.8 Å². The molecule has 4 rings (SSSR count). The lowest BCUT2D eigenvalue weighted by Gasteiger charge is -2.20. The zero-order valence-electron chi connectivity index (χ0n) is 22.5. The molecule has 6 nitrogen and oxygen atoms in total. The minimum Gasteiger partial charge on any atom is -0.331 e. The Bertz CT molecular complexity index is 1350. The number of nitrogens with zero attached hydrogens (tertiary/aromatic N) is 3. The summed E-state index contributed by atoms with van der Waals surface area (Å²) in [6.07, 6.45) is 0. The highest BCUT2D eigenvalue weighted by atomic mass is 32.2. The van der Waals surface area contributed by atoms with E-state index in [-0.39, 0.29) is 30.2 Å². The third-order valence-electron chi connectivity index (χ3n) is 6.29. The van der Waals surface area contributed by atoms with Gasteiger partial charge in [0.05, 0.1) is 6.54 Å². The molecule has 0 aliphatic rings. The van der Waals surface area contributed by atoms with Gasteiger partial charge in [-0.3, -0.25) is 4.57 Å². The zero-order chi connectivity index (χ0) is 27.2. The van der Waals surface area contributed by atoms with Crippen LogP contribution in [0.5, 0.6) is 0 Å². The quantitative estimate of drug-likeness (QED) is 0.218. The Kier molecular flexibility index (Phi) is 8.84. The van der Waals surface area contributed by atoms with Gasteiger partial charge >= 0.3 is 6.03 Å². The van der Waals surface area contributed by atoms with E-state index in [1.54, 1.807) is 12.1 Å². The molecule has 1 heterocycles. The number of urea groups is 1. The monoisotopic (exact) mass is 531 g/mol. The molecular weight excluding hydrogens is 497 g/mol. The SMILES string of the molecule is Cc1ccc(-n2c(CNC(=O)Nc3c(C(C)C)cccc3C(C)C)nnc2SCc2ccc(F)cc2)cc1. The second kappa shape index (κ2) is 12.3. The summed E-state index contributed by atoms with van der Waals surface area (Å²) in [6.45, 7) is 10.7. The lowest BCUT2D eigenvalue weighted by Crippen LogP contribution is -2.30. The molecule has 0 bridgehead atoms. The molecule has 0 saturated carbocycles. The van der Waals surface area contributed by atoms with Crippen LogP contribution in [-0.4, -0.2) is 20.8 Å². The molecule has 4 aromatic rings. The van der Waals surface area contributed by atoms with E-state index in [0.29, 0.717) is 16.7 Å². The number of aryl methyl sites for hydroxylation is 1. The number of carbonyl (C=O) groups is 1. The van der Waals surface area contributed by atoms with E-state index in [4.69, 9.17) is 0 Å². The van der Waals surface area contributed by atoms with Gasteiger partial charge < -0.3 is 10.6 Å². The molecule has 2 amide bonds. The highest BCUT2D eigenvalue weighted by molar-refractivity contribution is 7.98. The van der Waals surface area contributed by atoms with Crippen molar-refractivity contribution in [2.45, 2.75) is 63.9 Å². The molecular formula is C30H34FN5OS. The van der Waals surface area contributed by atoms with Gasteiger partial charge in [0.2, 0.25) is 0 Å². The first kappa shape index (κ1) is 27.4. The van der Waals surface area contributed by atoms with Crippen LogP contribution in [0.3, 0.4) is 0 Å². The summed E-state index contributed by atoms with van der Waals surface area (Å²) in [5.41, 5.74) is 6.12. The molecule has 198 valence electrons. The van der Waals surface area contributed by atoms with E-state index >= 15 is 0 Å². The number of nitrogens with one attached hydrogen (secondary N) is 2. The van der Waals surface area contributed by atoms with Crippen molar-refractivity contribution in [2.24, 2.45) is 0 Å². The molecule has 38 heavy (non-hydrogen) atoms. The molecule has 0 spiro atoms. The zero-order valence-corrected chi connectivity index (χ0v) is 23.3. The molecule has 0 radical (unpaired) electrons. The summed E-state index contributed by atoms with van der Waals surface area (Å²) in [4.78, 5) is 13.1. The first-order chi connectivity index (χ1) is 18.2. The highest BCUT2D eigenvalue weighted by Crippen LogP contribution is 2.32. The van der Waals surface area contributed by atoms with E-state index in [2.05, 4.69) is 60.7 Å². The molecule has 0 atom stereocenters. The van der Waals surface area contributed by atoms with Gasteiger partial charge in [0.1, 0.15) is 5.82 Å². The average molecular weight is 532 g/mol. The molecule has 1 aromatic heterocycles. The summed E-state index contributed by atoms with van der Waals surface area (Å²) in [7, 11) is 0. The second-order valence-electron chi connectivity index (χ2n) is 9.91. The summed E-state index contributed by atoms with van der Waals surface area (Å²) < 4.78 is 15.3. The number of aromatic nitrogens is 3. The number of thioether (sulfide) groups is 1. The lowest BCUT2D eigenvalue weighted by molar-refractivity contribution is 0.251. The predicted octanol–water partition coefficient (Wildman–Crippen LogP) is 7.58. The van der Waals surface area contributed by atoms with Crippen molar-refractivity contribution in [3.63, 3.8) is 0 Å². The van der Waals surface area contributed by atoms with Gasteiger partial charge in [-0.2, -0.15) is 0 Å². The molecule has 0 aliphatic carbocycles. The number of benzene rings is 3. The number of carbonyl (C=O) groups excluding carboxylic acids is 1. The van der Waals surface area contributed by atoms with E-state index in [1.807, 2.05) is 41.8 Å². The maximum absolute atomic E-state index is 13.3. The first-order valence-electron chi connectivity index (χ1n) is 12.8. The fourth-order valence-electron chi connectivity index (χ4n) is 4.20. The van der Waals surface area contributed by atoms with Crippen molar-refractivity contribution in [1.82, 2.24) is 20.1 Å². The van der Waals surface area contributed by atoms with Crippen molar-refractivity contribution < 1.29 is 9.18 Å². The molecule has 0 saturated heterocycles. The Morgan fingerprint density at radius 1 is 0.921 bits per heavy atom. The minimum absolute atomic E-state index is 0.199. The Labute approximate surface area is 228 Å². The van der Waals surface area contributed by atoms with Crippen LogP contribution in [-0.2, 0) is 12.3 Å². The van der Waals surface area contributed by atoms with Gasteiger partial charge in [0.15, 0.2) is 11.0 Å². The number of halogens is 1. The Morgan fingerprint density at radius 3 is 2.16 bits per heavy atom. The topological polar surface area (TPSA) is 71.8 Å². The van der Waals surface area contributed by atoms with Crippen LogP contribution in [0.15, 0.2) is 71.9 Å². The van der Waals surface area contributed by atoms with Crippen LogP contribution in [0.4, 0.5) is 14.9 Å². The number of anilines is 1. The van der Waals surface area contributed by atoms with Gasteiger partial charge in [-0.1, -0.05) is 87.5 Å². The van der Waals surface area contributed by atoms with E-state index in [1.165, 1.54) is 23.9 Å². The van der Waals surface area contributed by atoms with Gasteiger partial charge in [-0.15, -0.1) is 10.2 Å². The Morgan fingerprint density at radius 2 is 1.55 bits per heavy atom. The molecule has 0 unspecified atom stereocenters. The number of para-hydroxylation sites is 1. The van der Waals surface area contributed by atoms with Crippen molar-refractivity contribution in [1.29, 1.82) is 0 Å². The fourth-order valence-corrected chi connectivity index (χ4v) is 5.13. The van der Waals surface area contributed by atoms with Gasteiger partial charge in [0.25, 0.3) is 0 Å². The van der Waals surface area contributed by atoms with E-state index in [0.717, 1.165) is 33.6 Å². The highest BCUT2D eigenvalue weighted by Gasteiger charge is 2.18. The molecule has 0 aliphatic heterocycles. The van der Waals surface area contributed by atoms with Crippen molar-refractivity contribution in [3.05, 3.63) is 101 Å². The van der Waals surface area contributed by atoms with Crippen molar-refractivity contribution >= 4 is 23.5 Å². The van der Waals surface area contributed by atoms with Crippen LogP contribution in [0.25, 0.3) is 5.69 Å². The summed E-state index contributed by atoms with van der Waals surface area (Å²) in [5, 5.41) is 15.6. The number of rotatable bonds is 9. The summed E-state index contributed by atoms with van der Waals surface area (Å²) in [6, 6.07) is 20.4. The van der Waals surface area contributed by atoms with Crippen molar-refractivity contribution in [2.75, 3.05) is 5.32 Å². The smallest absolute Gasteiger partial charge is 0.319 e. The Balaban J connectivity index is 1.54. The van der Waals surface area contributed by atoms with Gasteiger partial charge in [-0.25, -0.2) is 9.18 Å². The minimum atomic E-state index is -0.293. The maximum atomic E-state index is 13.3. The van der Waals surface area contributed by atoms with Crippen molar-refractivity contribution in [3.8, 4) is 5.69 Å². The van der Waals surface area contributed by atoms with Crippen LogP contribution in [0, 0.1) is 12.7 Å². The molecule has 3 aromatic carbocycles. The normalized spacial score (nSPS) is 11.3. The average Bonchev–Trinajstić information content (AvgIpc) is 3.30. The third-order valence-corrected chi connectivity index (χ3v) is 7.29.